The molecule has 0 saturated heterocycles. The van der Waals surface area contributed by atoms with E-state index in [1.54, 1.807) is 18.2 Å². The Bertz CT molecular complexity index is 714. The minimum Gasteiger partial charge on any atom is -0.496 e. The normalized spacial score (nSPS) is 10.0. The van der Waals surface area contributed by atoms with Gasteiger partial charge in [-0.3, -0.25) is 0 Å². The fourth-order valence-corrected chi connectivity index (χ4v) is 2.18. The van der Waals surface area contributed by atoms with Gasteiger partial charge in [0, 0.05) is 18.2 Å². The molecule has 1 N–H and O–H groups in total. The van der Waals surface area contributed by atoms with Gasteiger partial charge in [-0.2, -0.15) is 5.26 Å². The highest BCUT2D eigenvalue weighted by molar-refractivity contribution is 9.10. The summed E-state index contributed by atoms with van der Waals surface area (Å²) in [5.41, 5.74) is 1.34. The van der Waals surface area contributed by atoms with Gasteiger partial charge in [0.25, 0.3) is 0 Å². The van der Waals surface area contributed by atoms with Gasteiger partial charge in [0.2, 0.25) is 0 Å². The molecule has 0 aliphatic rings. The maximum absolute atomic E-state index is 13.7. The van der Waals surface area contributed by atoms with E-state index in [-0.39, 0.29) is 16.7 Å². The molecule has 6 heteroatoms. The summed E-state index contributed by atoms with van der Waals surface area (Å²) in [7, 11) is 1.51. The van der Waals surface area contributed by atoms with Crippen LogP contribution in [-0.2, 0) is 6.54 Å². The summed E-state index contributed by atoms with van der Waals surface area (Å²) in [5, 5.41) is 11.8. The maximum atomic E-state index is 13.7. The first-order valence-electron chi connectivity index (χ1n) is 6.00. The molecule has 0 spiro atoms. The molecule has 0 amide bonds. The highest BCUT2D eigenvalue weighted by Crippen LogP contribution is 2.26. The Morgan fingerprint density at radius 1 is 1.24 bits per heavy atom. The van der Waals surface area contributed by atoms with E-state index in [1.807, 2.05) is 6.07 Å². The fourth-order valence-electron chi connectivity index (χ4n) is 1.83. The SMILES string of the molecule is COc1ccc(C#N)cc1CNc1cc(Br)c(F)cc1F. The summed E-state index contributed by atoms with van der Waals surface area (Å²) in [6.07, 6.45) is 0. The number of benzene rings is 2. The molecule has 3 nitrogen and oxygen atoms in total. The van der Waals surface area contributed by atoms with Crippen LogP contribution in [0.2, 0.25) is 0 Å². The van der Waals surface area contributed by atoms with Crippen molar-refractivity contribution in [3.63, 3.8) is 0 Å². The highest BCUT2D eigenvalue weighted by atomic mass is 79.9. The number of methoxy groups -OCH3 is 1. The monoisotopic (exact) mass is 352 g/mol. The van der Waals surface area contributed by atoms with Crippen LogP contribution >= 0.6 is 15.9 Å². The van der Waals surface area contributed by atoms with Crippen LogP contribution in [0.5, 0.6) is 5.75 Å². The summed E-state index contributed by atoms with van der Waals surface area (Å²) in [6.45, 7) is 0.244. The van der Waals surface area contributed by atoms with Crippen LogP contribution in [0.4, 0.5) is 14.5 Å². The first-order chi connectivity index (χ1) is 10.0. The smallest absolute Gasteiger partial charge is 0.149 e. The van der Waals surface area contributed by atoms with Crippen LogP contribution in [-0.4, -0.2) is 7.11 Å². The number of halogens is 3. The van der Waals surface area contributed by atoms with E-state index in [0.29, 0.717) is 16.9 Å². The third-order valence-electron chi connectivity index (χ3n) is 2.89. The van der Waals surface area contributed by atoms with E-state index in [0.717, 1.165) is 6.07 Å². The number of anilines is 1. The number of nitriles is 1. The molecule has 2 aromatic carbocycles. The first kappa shape index (κ1) is 15.3. The molecular weight excluding hydrogens is 342 g/mol. The van der Waals surface area contributed by atoms with Gasteiger partial charge >= 0.3 is 0 Å². The number of nitrogens with zero attached hydrogens (tertiary/aromatic N) is 1. The zero-order valence-electron chi connectivity index (χ0n) is 11.1. The van der Waals surface area contributed by atoms with Crippen LogP contribution in [0.3, 0.4) is 0 Å². The third kappa shape index (κ3) is 3.50. The van der Waals surface area contributed by atoms with Crippen molar-refractivity contribution in [2.45, 2.75) is 6.54 Å². The highest BCUT2D eigenvalue weighted by Gasteiger charge is 2.10. The largest absolute Gasteiger partial charge is 0.496 e. The van der Waals surface area contributed by atoms with Crippen LogP contribution in [0.25, 0.3) is 0 Å². The molecule has 0 bridgehead atoms. The summed E-state index contributed by atoms with van der Waals surface area (Å²) in [6, 6.07) is 9.12. The van der Waals surface area contributed by atoms with Crippen LogP contribution in [0.15, 0.2) is 34.8 Å². The molecule has 2 aromatic rings. The van der Waals surface area contributed by atoms with Gasteiger partial charge in [-0.25, -0.2) is 8.78 Å². The molecule has 0 fully saturated rings. The van der Waals surface area contributed by atoms with E-state index in [1.165, 1.54) is 13.2 Å². The van der Waals surface area contributed by atoms with Crippen molar-refractivity contribution in [2.75, 3.05) is 12.4 Å². The zero-order valence-corrected chi connectivity index (χ0v) is 12.7. The number of rotatable bonds is 4. The van der Waals surface area contributed by atoms with Crippen molar-refractivity contribution in [1.82, 2.24) is 0 Å². The summed E-state index contributed by atoms with van der Waals surface area (Å²) in [4.78, 5) is 0. The van der Waals surface area contributed by atoms with Crippen LogP contribution < -0.4 is 10.1 Å². The lowest BCUT2D eigenvalue weighted by Crippen LogP contribution is -2.04. The lowest BCUT2D eigenvalue weighted by Gasteiger charge is -2.12. The van der Waals surface area contributed by atoms with E-state index in [9.17, 15) is 8.78 Å². The van der Waals surface area contributed by atoms with E-state index < -0.39 is 11.6 Å². The van der Waals surface area contributed by atoms with Crippen LogP contribution in [0.1, 0.15) is 11.1 Å². The van der Waals surface area contributed by atoms with Crippen molar-refractivity contribution >= 4 is 21.6 Å². The number of ether oxygens (including phenoxy) is 1. The molecule has 0 aromatic heterocycles. The summed E-state index contributed by atoms with van der Waals surface area (Å²) < 4.78 is 32.2. The first-order valence-corrected chi connectivity index (χ1v) is 6.80. The number of nitrogens with one attached hydrogen (secondary N) is 1. The maximum Gasteiger partial charge on any atom is 0.149 e. The third-order valence-corrected chi connectivity index (χ3v) is 3.50. The van der Waals surface area contributed by atoms with Crippen molar-refractivity contribution in [3.8, 4) is 11.8 Å². The van der Waals surface area contributed by atoms with E-state index in [4.69, 9.17) is 10.00 Å². The average molecular weight is 353 g/mol. The molecule has 0 atom stereocenters. The Morgan fingerprint density at radius 3 is 2.67 bits per heavy atom. The lowest BCUT2D eigenvalue weighted by atomic mass is 10.1. The van der Waals surface area contributed by atoms with Crippen molar-refractivity contribution in [1.29, 1.82) is 5.26 Å². The molecule has 0 heterocycles. The quantitative estimate of drug-likeness (QED) is 0.838. The average Bonchev–Trinajstić information content (AvgIpc) is 2.49. The Morgan fingerprint density at radius 2 is 2.00 bits per heavy atom. The van der Waals surface area contributed by atoms with Crippen molar-refractivity contribution in [2.24, 2.45) is 0 Å². The molecule has 0 saturated carbocycles. The molecule has 108 valence electrons. The Kier molecular flexibility index (Phi) is 4.76. The predicted octanol–water partition coefficient (Wildman–Crippen LogP) is 4.22. The minimum absolute atomic E-state index is 0.160. The van der Waals surface area contributed by atoms with Crippen molar-refractivity contribution in [3.05, 3.63) is 57.6 Å². The van der Waals surface area contributed by atoms with Gasteiger partial charge in [0.1, 0.15) is 17.4 Å². The van der Waals surface area contributed by atoms with Gasteiger partial charge in [-0.1, -0.05) is 0 Å². The Balaban J connectivity index is 2.24. The van der Waals surface area contributed by atoms with Gasteiger partial charge in [-0.05, 0) is 40.2 Å². The fraction of sp³-hybridized carbons (Fsp3) is 0.133. The van der Waals surface area contributed by atoms with Gasteiger partial charge in [-0.15, -0.1) is 0 Å². The molecule has 0 aliphatic carbocycles. The van der Waals surface area contributed by atoms with Gasteiger partial charge in [0.05, 0.1) is 28.9 Å². The standard InChI is InChI=1S/C15H11BrF2N2O/c1-21-15-3-2-9(7-19)4-10(15)8-20-14-5-11(16)12(17)6-13(14)18/h2-6,20H,8H2,1H3. The second-order valence-electron chi connectivity index (χ2n) is 4.24. The predicted molar refractivity (Wildman–Crippen MR) is 79.1 cm³/mol. The molecule has 2 rings (SSSR count). The number of hydrogen-bond acceptors (Lipinski definition) is 3. The van der Waals surface area contributed by atoms with Crippen molar-refractivity contribution < 1.29 is 13.5 Å². The molecule has 21 heavy (non-hydrogen) atoms. The van der Waals surface area contributed by atoms with E-state index >= 15 is 0 Å². The summed E-state index contributed by atoms with van der Waals surface area (Å²) >= 11 is 3.01. The molecule has 0 aliphatic heterocycles. The van der Waals surface area contributed by atoms with Gasteiger partial charge in [0.15, 0.2) is 0 Å². The zero-order chi connectivity index (χ0) is 15.4. The Labute approximate surface area is 129 Å². The Hall–Kier alpha value is -2.13. The lowest BCUT2D eigenvalue weighted by molar-refractivity contribution is 0.410. The molecular formula is C15H11BrF2N2O. The second-order valence-corrected chi connectivity index (χ2v) is 5.09. The minimum atomic E-state index is -0.689. The summed E-state index contributed by atoms with van der Waals surface area (Å²) in [5.74, 6) is -0.767. The number of hydrogen-bond donors (Lipinski definition) is 1. The second kappa shape index (κ2) is 6.55. The van der Waals surface area contributed by atoms with E-state index in [2.05, 4.69) is 21.2 Å². The van der Waals surface area contributed by atoms with Crippen LogP contribution in [0, 0.1) is 23.0 Å². The topological polar surface area (TPSA) is 45.0 Å². The molecule has 0 unspecified atom stereocenters. The van der Waals surface area contributed by atoms with Gasteiger partial charge < -0.3 is 10.1 Å². The molecule has 0 radical (unpaired) electrons.